The molecule has 20 heavy (non-hydrogen) atoms. The molecule has 0 aliphatic carbocycles. The van der Waals surface area contributed by atoms with Crippen LogP contribution in [0.2, 0.25) is 0 Å². The minimum Gasteiger partial charge on any atom is -0.480 e. The first-order valence-electron chi connectivity index (χ1n) is 6.57. The number of urea groups is 1. The van der Waals surface area contributed by atoms with E-state index in [0.29, 0.717) is 13.1 Å². The molecule has 7 heteroatoms. The van der Waals surface area contributed by atoms with E-state index in [1.807, 2.05) is 0 Å². The van der Waals surface area contributed by atoms with Crippen LogP contribution in [0.1, 0.15) is 34.6 Å². The minimum absolute atomic E-state index is 0.249. The summed E-state index contributed by atoms with van der Waals surface area (Å²) in [5, 5.41) is 14.4. The number of nitrogens with one attached hydrogen (secondary N) is 2. The third-order valence-electron chi connectivity index (χ3n) is 3.48. The first-order chi connectivity index (χ1) is 8.98. The molecule has 114 valence electrons. The Hall–Kier alpha value is -1.79. The van der Waals surface area contributed by atoms with Crippen LogP contribution < -0.4 is 10.6 Å². The third kappa shape index (κ3) is 3.20. The summed E-state index contributed by atoms with van der Waals surface area (Å²) in [6.45, 7) is 9.19. The van der Waals surface area contributed by atoms with Crippen molar-refractivity contribution in [3.8, 4) is 0 Å². The van der Waals surface area contributed by atoms with E-state index in [0.717, 1.165) is 0 Å². The maximum Gasteiger partial charge on any atom is 0.326 e. The predicted octanol–water partition coefficient (Wildman–Crippen LogP) is 0.406. The highest BCUT2D eigenvalue weighted by Gasteiger charge is 2.42. The Bertz CT molecular complexity index is 426. The molecule has 1 atom stereocenters. The van der Waals surface area contributed by atoms with Gasteiger partial charge in [-0.25, -0.2) is 9.59 Å². The summed E-state index contributed by atoms with van der Waals surface area (Å²) < 4.78 is 0. The molecule has 1 rings (SSSR count). The summed E-state index contributed by atoms with van der Waals surface area (Å²) in [4.78, 5) is 36.7. The molecule has 1 unspecified atom stereocenters. The number of hydrogen-bond donors (Lipinski definition) is 3. The molecule has 3 N–H and O–H groups in total. The van der Waals surface area contributed by atoms with E-state index in [-0.39, 0.29) is 5.91 Å². The lowest BCUT2D eigenvalue weighted by molar-refractivity contribution is -0.142. The summed E-state index contributed by atoms with van der Waals surface area (Å²) in [5.41, 5.74) is -1.62. The third-order valence-corrected chi connectivity index (χ3v) is 3.48. The molecule has 0 bridgehead atoms. The summed E-state index contributed by atoms with van der Waals surface area (Å²) in [6, 6.07) is -1.55. The Morgan fingerprint density at radius 1 is 1.40 bits per heavy atom. The Balaban J connectivity index is 2.89. The lowest BCUT2D eigenvalue weighted by atomic mass is 9.87. The fraction of sp³-hybridized carbons (Fsp3) is 0.769. The van der Waals surface area contributed by atoms with Gasteiger partial charge in [0.2, 0.25) is 5.91 Å². The average Bonchev–Trinajstić information content (AvgIpc) is 2.27. The van der Waals surface area contributed by atoms with Crippen molar-refractivity contribution in [1.29, 1.82) is 0 Å². The van der Waals surface area contributed by atoms with Crippen molar-refractivity contribution < 1.29 is 19.5 Å². The van der Waals surface area contributed by atoms with Gasteiger partial charge in [-0.2, -0.15) is 0 Å². The summed E-state index contributed by atoms with van der Waals surface area (Å²) >= 11 is 0. The summed E-state index contributed by atoms with van der Waals surface area (Å²) in [7, 11) is 0. The van der Waals surface area contributed by atoms with Crippen LogP contribution in [0.3, 0.4) is 0 Å². The van der Waals surface area contributed by atoms with Crippen LogP contribution in [0.25, 0.3) is 0 Å². The zero-order chi connectivity index (χ0) is 15.7. The molecular weight excluding hydrogens is 262 g/mol. The second kappa shape index (κ2) is 5.30. The van der Waals surface area contributed by atoms with E-state index in [2.05, 4.69) is 10.6 Å². The second-order valence-corrected chi connectivity index (χ2v) is 6.55. The molecule has 3 amide bonds. The monoisotopic (exact) mass is 285 g/mol. The van der Waals surface area contributed by atoms with Crippen LogP contribution in [0.4, 0.5) is 4.79 Å². The fourth-order valence-electron chi connectivity index (χ4n) is 2.11. The van der Waals surface area contributed by atoms with Gasteiger partial charge in [0.1, 0.15) is 11.6 Å². The van der Waals surface area contributed by atoms with Gasteiger partial charge in [0.05, 0.1) is 0 Å². The number of hydrogen-bond acceptors (Lipinski definition) is 3. The van der Waals surface area contributed by atoms with Gasteiger partial charge in [0.25, 0.3) is 0 Å². The highest BCUT2D eigenvalue weighted by molar-refractivity contribution is 5.92. The highest BCUT2D eigenvalue weighted by atomic mass is 16.4. The Morgan fingerprint density at radius 2 is 1.95 bits per heavy atom. The first kappa shape index (κ1) is 16.3. The Kier molecular flexibility index (Phi) is 4.31. The van der Waals surface area contributed by atoms with Gasteiger partial charge >= 0.3 is 12.0 Å². The standard InChI is InChI=1S/C13H23N3O4/c1-12(2,3)8(9(17)18)15-11(20)16-7-6-14-10(19)13(16,4)5/h8H,6-7H2,1-5H3,(H,14,19)(H,15,20)(H,17,18). The lowest BCUT2D eigenvalue weighted by Gasteiger charge is -2.42. The molecule has 1 aliphatic heterocycles. The Labute approximate surface area is 118 Å². The molecule has 0 aromatic carbocycles. The first-order valence-corrected chi connectivity index (χ1v) is 6.57. The molecular formula is C13H23N3O4. The van der Waals surface area contributed by atoms with Gasteiger partial charge in [0, 0.05) is 13.1 Å². The van der Waals surface area contributed by atoms with Gasteiger partial charge in [-0.1, -0.05) is 20.8 Å². The van der Waals surface area contributed by atoms with Crippen LogP contribution in [-0.4, -0.2) is 52.6 Å². The molecule has 1 saturated heterocycles. The van der Waals surface area contributed by atoms with Crippen molar-refractivity contribution in [2.75, 3.05) is 13.1 Å². The van der Waals surface area contributed by atoms with Crippen LogP contribution in [0, 0.1) is 5.41 Å². The van der Waals surface area contributed by atoms with Gasteiger partial charge in [-0.05, 0) is 19.3 Å². The summed E-state index contributed by atoms with van der Waals surface area (Å²) in [5.74, 6) is -1.34. The number of carbonyl (C=O) groups excluding carboxylic acids is 2. The van der Waals surface area contributed by atoms with Gasteiger partial charge in [-0.15, -0.1) is 0 Å². The molecule has 0 aromatic rings. The zero-order valence-electron chi connectivity index (χ0n) is 12.6. The number of carbonyl (C=O) groups is 3. The zero-order valence-corrected chi connectivity index (χ0v) is 12.6. The lowest BCUT2D eigenvalue weighted by Crippen LogP contribution is -2.66. The van der Waals surface area contributed by atoms with Crippen LogP contribution in [0.15, 0.2) is 0 Å². The van der Waals surface area contributed by atoms with E-state index < -0.39 is 29.0 Å². The highest BCUT2D eigenvalue weighted by Crippen LogP contribution is 2.22. The average molecular weight is 285 g/mol. The number of rotatable bonds is 2. The van der Waals surface area contributed by atoms with Gasteiger partial charge < -0.3 is 20.6 Å². The largest absolute Gasteiger partial charge is 0.480 e. The number of carboxylic acids is 1. The van der Waals surface area contributed by atoms with Crippen LogP contribution >= 0.6 is 0 Å². The fourth-order valence-corrected chi connectivity index (χ4v) is 2.11. The topological polar surface area (TPSA) is 98.7 Å². The van der Waals surface area contributed by atoms with E-state index in [9.17, 15) is 19.5 Å². The summed E-state index contributed by atoms with van der Waals surface area (Å²) in [6.07, 6.45) is 0. The van der Waals surface area contributed by atoms with E-state index in [1.165, 1.54) is 4.90 Å². The number of nitrogens with zero attached hydrogens (tertiary/aromatic N) is 1. The van der Waals surface area contributed by atoms with Crippen LogP contribution in [0.5, 0.6) is 0 Å². The maximum absolute atomic E-state index is 12.3. The number of carboxylic acid groups (broad SMARTS) is 1. The molecule has 0 aromatic heterocycles. The molecule has 1 aliphatic rings. The number of piperazine rings is 1. The molecule has 1 heterocycles. The van der Waals surface area contributed by atoms with Gasteiger partial charge in [0.15, 0.2) is 0 Å². The predicted molar refractivity (Wildman–Crippen MR) is 73.2 cm³/mol. The van der Waals surface area contributed by atoms with Gasteiger partial charge in [-0.3, -0.25) is 4.79 Å². The van der Waals surface area contributed by atoms with Crippen LogP contribution in [-0.2, 0) is 9.59 Å². The van der Waals surface area contributed by atoms with Crippen molar-refractivity contribution in [1.82, 2.24) is 15.5 Å². The second-order valence-electron chi connectivity index (χ2n) is 6.55. The molecule has 0 radical (unpaired) electrons. The quantitative estimate of drug-likeness (QED) is 0.684. The van der Waals surface area contributed by atoms with Crippen molar-refractivity contribution >= 4 is 17.9 Å². The molecule has 1 fully saturated rings. The Morgan fingerprint density at radius 3 is 2.40 bits per heavy atom. The number of amides is 3. The van der Waals surface area contributed by atoms with E-state index in [4.69, 9.17) is 0 Å². The van der Waals surface area contributed by atoms with Crippen molar-refractivity contribution in [3.63, 3.8) is 0 Å². The molecule has 0 saturated carbocycles. The minimum atomic E-state index is -1.09. The molecule has 7 nitrogen and oxygen atoms in total. The smallest absolute Gasteiger partial charge is 0.326 e. The van der Waals surface area contributed by atoms with E-state index in [1.54, 1.807) is 34.6 Å². The normalized spacial score (nSPS) is 20.1. The van der Waals surface area contributed by atoms with E-state index >= 15 is 0 Å². The molecule has 0 spiro atoms. The SMILES string of the molecule is CC(C)(C)C(NC(=O)N1CCNC(=O)C1(C)C)C(=O)O. The maximum atomic E-state index is 12.3. The van der Waals surface area contributed by atoms with Crippen molar-refractivity contribution in [2.45, 2.75) is 46.2 Å². The van der Waals surface area contributed by atoms with Crippen molar-refractivity contribution in [2.24, 2.45) is 5.41 Å². The van der Waals surface area contributed by atoms with Crippen molar-refractivity contribution in [3.05, 3.63) is 0 Å². The number of aliphatic carboxylic acids is 1.